The maximum atomic E-state index is 13.2. The number of para-hydroxylation sites is 1. The number of aliphatic imine (C=N–C) groups is 1. The lowest BCUT2D eigenvalue weighted by molar-refractivity contribution is 0.430. The fraction of sp³-hybridized carbons (Fsp3) is 0.0556. The third-order valence-corrected chi connectivity index (χ3v) is 3.63. The van der Waals surface area contributed by atoms with E-state index in [-0.39, 0.29) is 11.3 Å². The Morgan fingerprint density at radius 3 is 2.64 bits per heavy atom. The molecule has 0 unspecified atom stereocenters. The zero-order valence-electron chi connectivity index (χ0n) is 13.2. The van der Waals surface area contributed by atoms with E-state index in [1.165, 1.54) is 18.2 Å². The van der Waals surface area contributed by atoms with Crippen LogP contribution in [-0.4, -0.2) is 20.9 Å². The van der Waals surface area contributed by atoms with Gasteiger partial charge in [-0.15, -0.1) is 0 Å². The van der Waals surface area contributed by atoms with Crippen molar-refractivity contribution in [3.63, 3.8) is 0 Å². The Morgan fingerprint density at radius 1 is 1.16 bits per heavy atom. The third kappa shape index (κ3) is 3.25. The summed E-state index contributed by atoms with van der Waals surface area (Å²) in [7, 11) is 0. The van der Waals surface area contributed by atoms with Crippen molar-refractivity contribution in [3.8, 4) is 11.6 Å². The third-order valence-electron chi connectivity index (χ3n) is 3.63. The Kier molecular flexibility index (Phi) is 4.30. The smallest absolute Gasteiger partial charge is 0.335 e. The summed E-state index contributed by atoms with van der Waals surface area (Å²) in [4.78, 5) is 30.3. The number of hydrogen-bond donors (Lipinski definition) is 2. The van der Waals surface area contributed by atoms with Crippen LogP contribution in [0.5, 0.6) is 5.88 Å². The summed E-state index contributed by atoms with van der Waals surface area (Å²) in [6, 6.07) is 12.4. The van der Waals surface area contributed by atoms with Crippen molar-refractivity contribution >= 4 is 11.9 Å². The molecule has 0 amide bonds. The van der Waals surface area contributed by atoms with Crippen LogP contribution in [0, 0.1) is 12.7 Å². The van der Waals surface area contributed by atoms with Crippen molar-refractivity contribution in [2.24, 2.45) is 4.99 Å². The number of benzene rings is 2. The first-order valence-electron chi connectivity index (χ1n) is 7.41. The van der Waals surface area contributed by atoms with Crippen molar-refractivity contribution in [1.82, 2.24) is 9.55 Å². The summed E-state index contributed by atoms with van der Waals surface area (Å²) < 4.78 is 14.2. The molecule has 0 fully saturated rings. The molecule has 126 valence electrons. The molecule has 25 heavy (non-hydrogen) atoms. The van der Waals surface area contributed by atoms with E-state index in [4.69, 9.17) is 0 Å². The molecule has 0 aliphatic heterocycles. The highest BCUT2D eigenvalue weighted by atomic mass is 19.1. The number of aryl methyl sites for hydroxylation is 1. The fourth-order valence-electron chi connectivity index (χ4n) is 2.39. The molecule has 0 bridgehead atoms. The monoisotopic (exact) mass is 339 g/mol. The fourth-order valence-corrected chi connectivity index (χ4v) is 2.39. The molecule has 0 aliphatic carbocycles. The van der Waals surface area contributed by atoms with Gasteiger partial charge in [0.15, 0.2) is 0 Å². The van der Waals surface area contributed by atoms with E-state index < -0.39 is 22.9 Å². The van der Waals surface area contributed by atoms with Crippen LogP contribution in [0.1, 0.15) is 11.1 Å². The molecule has 3 aromatic rings. The average molecular weight is 339 g/mol. The quantitative estimate of drug-likeness (QED) is 0.719. The first-order valence-corrected chi connectivity index (χ1v) is 7.41. The minimum absolute atomic E-state index is 0.202. The number of aromatic amines is 1. The van der Waals surface area contributed by atoms with E-state index in [9.17, 15) is 19.1 Å². The van der Waals surface area contributed by atoms with Gasteiger partial charge in [-0.05, 0) is 36.8 Å². The minimum Gasteiger partial charge on any atom is -0.493 e. The molecule has 0 atom stereocenters. The zero-order valence-corrected chi connectivity index (χ0v) is 13.2. The number of halogens is 1. The molecule has 0 spiro atoms. The molecule has 7 heteroatoms. The lowest BCUT2D eigenvalue weighted by Gasteiger charge is -2.11. The summed E-state index contributed by atoms with van der Waals surface area (Å²) in [5.74, 6) is -1.01. The van der Waals surface area contributed by atoms with Gasteiger partial charge in [0.25, 0.3) is 5.56 Å². The number of nitrogens with zero attached hydrogens (tertiary/aromatic N) is 2. The molecule has 2 aromatic carbocycles. The van der Waals surface area contributed by atoms with Crippen molar-refractivity contribution in [3.05, 3.63) is 86.3 Å². The van der Waals surface area contributed by atoms with Crippen molar-refractivity contribution in [2.45, 2.75) is 6.92 Å². The van der Waals surface area contributed by atoms with Crippen molar-refractivity contribution < 1.29 is 9.50 Å². The van der Waals surface area contributed by atoms with Gasteiger partial charge in [0.2, 0.25) is 5.88 Å². The second kappa shape index (κ2) is 6.56. The number of nitrogens with one attached hydrogen (secondary N) is 1. The van der Waals surface area contributed by atoms with Gasteiger partial charge in [-0.1, -0.05) is 24.3 Å². The minimum atomic E-state index is -0.785. The van der Waals surface area contributed by atoms with Crippen LogP contribution in [0.3, 0.4) is 0 Å². The molecule has 2 N–H and O–H groups in total. The second-order valence-corrected chi connectivity index (χ2v) is 5.36. The van der Waals surface area contributed by atoms with Crippen LogP contribution >= 0.6 is 0 Å². The van der Waals surface area contributed by atoms with Crippen LogP contribution in [0.2, 0.25) is 0 Å². The molecule has 1 aromatic heterocycles. The summed E-state index contributed by atoms with van der Waals surface area (Å²) >= 11 is 0. The standard InChI is InChI=1S/C18H14FN3O3/c1-11-5-2-3-8-15(11)22-17(24)14(16(23)21-18(22)25)10-20-13-7-4-6-12(19)9-13/h2-10,24H,1H3,(H,21,23,25). The van der Waals surface area contributed by atoms with E-state index >= 15 is 0 Å². The van der Waals surface area contributed by atoms with Gasteiger partial charge in [-0.3, -0.25) is 14.8 Å². The van der Waals surface area contributed by atoms with Gasteiger partial charge in [0.05, 0.1) is 11.4 Å². The summed E-state index contributed by atoms with van der Waals surface area (Å²) in [6.45, 7) is 1.77. The maximum absolute atomic E-state index is 13.2. The predicted molar refractivity (Wildman–Crippen MR) is 92.7 cm³/mol. The van der Waals surface area contributed by atoms with Crippen LogP contribution in [-0.2, 0) is 0 Å². The molecule has 0 aliphatic rings. The van der Waals surface area contributed by atoms with E-state index in [1.54, 1.807) is 37.3 Å². The van der Waals surface area contributed by atoms with E-state index in [0.29, 0.717) is 5.69 Å². The van der Waals surface area contributed by atoms with E-state index in [2.05, 4.69) is 9.98 Å². The largest absolute Gasteiger partial charge is 0.493 e. The average Bonchev–Trinajstić information content (AvgIpc) is 2.56. The predicted octanol–water partition coefficient (Wildman–Crippen LogP) is 2.43. The summed E-state index contributed by atoms with van der Waals surface area (Å²) in [5, 5.41) is 10.4. The number of aromatic nitrogens is 2. The SMILES string of the molecule is Cc1ccccc1-n1c(O)c(C=Nc2cccc(F)c2)c(=O)[nH]c1=O. The maximum Gasteiger partial charge on any atom is 0.335 e. The highest BCUT2D eigenvalue weighted by molar-refractivity contribution is 5.84. The van der Waals surface area contributed by atoms with Crippen molar-refractivity contribution in [2.75, 3.05) is 0 Å². The van der Waals surface area contributed by atoms with Crippen LogP contribution in [0.4, 0.5) is 10.1 Å². The van der Waals surface area contributed by atoms with Crippen molar-refractivity contribution in [1.29, 1.82) is 0 Å². The zero-order chi connectivity index (χ0) is 18.0. The Morgan fingerprint density at radius 2 is 1.92 bits per heavy atom. The highest BCUT2D eigenvalue weighted by Gasteiger charge is 2.15. The Bertz CT molecular complexity index is 1080. The van der Waals surface area contributed by atoms with Gasteiger partial charge in [0.1, 0.15) is 11.4 Å². The van der Waals surface area contributed by atoms with Gasteiger partial charge < -0.3 is 5.11 Å². The normalized spacial score (nSPS) is 11.1. The van der Waals surface area contributed by atoms with E-state index in [1.807, 2.05) is 0 Å². The molecular weight excluding hydrogens is 325 g/mol. The molecule has 0 saturated carbocycles. The Hall–Kier alpha value is -3.48. The lowest BCUT2D eigenvalue weighted by atomic mass is 10.2. The van der Waals surface area contributed by atoms with Gasteiger partial charge in [-0.2, -0.15) is 0 Å². The van der Waals surface area contributed by atoms with Gasteiger partial charge in [-0.25, -0.2) is 13.8 Å². The summed E-state index contributed by atoms with van der Waals surface area (Å²) in [5.41, 5.74) is -0.312. The number of hydrogen-bond acceptors (Lipinski definition) is 4. The number of aromatic hydroxyl groups is 1. The van der Waals surface area contributed by atoms with Crippen LogP contribution < -0.4 is 11.2 Å². The first-order chi connectivity index (χ1) is 12.0. The number of rotatable bonds is 3. The van der Waals surface area contributed by atoms with Crippen LogP contribution in [0.15, 0.2) is 63.1 Å². The molecule has 3 rings (SSSR count). The lowest BCUT2D eigenvalue weighted by Crippen LogP contribution is -2.31. The molecule has 6 nitrogen and oxygen atoms in total. The topological polar surface area (TPSA) is 87.4 Å². The first kappa shape index (κ1) is 16.4. The number of H-pyrrole nitrogens is 1. The molecular formula is C18H14FN3O3. The Labute approximate surface area is 141 Å². The molecule has 0 radical (unpaired) electrons. The molecule has 0 saturated heterocycles. The molecule has 1 heterocycles. The van der Waals surface area contributed by atoms with E-state index in [0.717, 1.165) is 16.3 Å². The summed E-state index contributed by atoms with van der Waals surface area (Å²) in [6.07, 6.45) is 1.09. The van der Waals surface area contributed by atoms with Gasteiger partial charge >= 0.3 is 5.69 Å². The van der Waals surface area contributed by atoms with Crippen LogP contribution in [0.25, 0.3) is 5.69 Å². The second-order valence-electron chi connectivity index (χ2n) is 5.36. The Balaban J connectivity index is 2.16. The highest BCUT2D eigenvalue weighted by Crippen LogP contribution is 2.19. The van der Waals surface area contributed by atoms with Gasteiger partial charge in [0, 0.05) is 6.21 Å².